The van der Waals surface area contributed by atoms with Crippen LogP contribution >= 0.6 is 0 Å². The Morgan fingerprint density at radius 3 is 0.950 bits per heavy atom. The molecule has 0 spiro atoms. The Kier molecular flexibility index (Phi) is 28.9. The molecule has 4 N–H and O–H groups in total. The number of carboxylic acid groups (broad SMARTS) is 4. The molecule has 2 atom stereocenters. The average molecular weight is 330 g/mol. The number of hydrogen-bond acceptors (Lipinski definition) is 4. The molecule has 0 aromatic heterocycles. The van der Waals surface area contributed by atoms with E-state index in [1.165, 1.54) is 0 Å². The molecule has 0 aromatic rings. The standard InChI is InChI=1S/C8H10O8.4Na.4H/c9-5(10)1-3(7(13)14)4(8(15)16)2-6(11)12;;;;;;;;/h3-4H,1-2H2,(H,9,10)(H,11,12)(H,13,14)(H,15,16);;;;;;;;/q;4*+1;4*-1. The van der Waals surface area contributed by atoms with Gasteiger partial charge in [0.05, 0.1) is 24.7 Å². The van der Waals surface area contributed by atoms with Crippen LogP contribution in [0, 0.1) is 11.8 Å². The molecule has 0 saturated heterocycles. The molecular weight excluding hydrogens is 316 g/mol. The van der Waals surface area contributed by atoms with Gasteiger partial charge in [0.25, 0.3) is 0 Å². The third kappa shape index (κ3) is 14.8. The van der Waals surface area contributed by atoms with Gasteiger partial charge < -0.3 is 26.1 Å². The maximum Gasteiger partial charge on any atom is 1.00 e. The molecule has 0 rings (SSSR count). The number of carbonyl (C=O) groups is 4. The summed E-state index contributed by atoms with van der Waals surface area (Å²) in [5, 5.41) is 34.1. The Hall–Kier alpha value is 1.88. The minimum absolute atomic E-state index is 0. The minimum atomic E-state index is -1.76. The molecule has 12 heteroatoms. The number of carboxylic acids is 4. The summed E-state index contributed by atoms with van der Waals surface area (Å²) in [4.78, 5) is 41.9. The number of aliphatic carboxylic acids is 4. The Balaban J connectivity index is -0.0000000402. The summed E-state index contributed by atoms with van der Waals surface area (Å²) in [7, 11) is 0. The molecule has 0 amide bonds. The Labute approximate surface area is 209 Å². The second-order valence-electron chi connectivity index (χ2n) is 3.09. The van der Waals surface area contributed by atoms with Crippen molar-refractivity contribution in [2.75, 3.05) is 0 Å². The molecule has 98 valence electrons. The average Bonchev–Trinajstić information content (AvgIpc) is 2.09. The smallest absolute Gasteiger partial charge is 1.00 e. The molecule has 0 aliphatic heterocycles. The van der Waals surface area contributed by atoms with Gasteiger partial charge in [0.2, 0.25) is 0 Å². The second-order valence-corrected chi connectivity index (χ2v) is 3.09. The van der Waals surface area contributed by atoms with Crippen molar-refractivity contribution in [3.63, 3.8) is 0 Å². The van der Waals surface area contributed by atoms with Crippen molar-refractivity contribution in [1.82, 2.24) is 0 Å². The van der Waals surface area contributed by atoms with Crippen LogP contribution in [0.3, 0.4) is 0 Å². The predicted octanol–water partition coefficient (Wildman–Crippen LogP) is -12.2. The molecule has 0 radical (unpaired) electrons. The predicted molar refractivity (Wildman–Crippen MR) is 51.2 cm³/mol. The van der Waals surface area contributed by atoms with Gasteiger partial charge in [-0.05, 0) is 0 Å². The van der Waals surface area contributed by atoms with Crippen LogP contribution in [0.25, 0.3) is 0 Å². The Morgan fingerprint density at radius 2 is 0.850 bits per heavy atom. The third-order valence-corrected chi connectivity index (χ3v) is 1.91. The van der Waals surface area contributed by atoms with Gasteiger partial charge in [-0.3, -0.25) is 19.2 Å². The summed E-state index contributed by atoms with van der Waals surface area (Å²) in [6, 6.07) is 0. The minimum Gasteiger partial charge on any atom is -1.00 e. The third-order valence-electron chi connectivity index (χ3n) is 1.91. The van der Waals surface area contributed by atoms with Crippen LogP contribution in [0.1, 0.15) is 18.5 Å². The van der Waals surface area contributed by atoms with E-state index < -0.39 is 48.6 Å². The molecule has 0 saturated carbocycles. The van der Waals surface area contributed by atoms with Gasteiger partial charge >= 0.3 is 142 Å². The van der Waals surface area contributed by atoms with Crippen LogP contribution < -0.4 is 118 Å². The zero-order chi connectivity index (χ0) is 12.9. The van der Waals surface area contributed by atoms with Crippen molar-refractivity contribution in [1.29, 1.82) is 0 Å². The molecule has 0 aliphatic rings. The van der Waals surface area contributed by atoms with Crippen molar-refractivity contribution >= 4 is 23.9 Å². The van der Waals surface area contributed by atoms with Crippen molar-refractivity contribution < 1.29 is 164 Å². The van der Waals surface area contributed by atoms with Gasteiger partial charge in [0.15, 0.2) is 0 Å². The van der Waals surface area contributed by atoms with E-state index in [-0.39, 0.29) is 124 Å². The summed E-state index contributed by atoms with van der Waals surface area (Å²) in [5.41, 5.74) is 0. The second kappa shape index (κ2) is 17.2. The molecule has 0 bridgehead atoms. The van der Waals surface area contributed by atoms with E-state index in [1.807, 2.05) is 0 Å². The topological polar surface area (TPSA) is 149 Å². The quantitative estimate of drug-likeness (QED) is 0.336. The molecule has 0 aliphatic carbocycles. The summed E-state index contributed by atoms with van der Waals surface area (Å²) in [6.45, 7) is 0. The van der Waals surface area contributed by atoms with Crippen LogP contribution in [-0.4, -0.2) is 44.3 Å². The largest absolute Gasteiger partial charge is 1.00 e. The van der Waals surface area contributed by atoms with Crippen LogP contribution in [0.15, 0.2) is 0 Å². The van der Waals surface area contributed by atoms with Crippen LogP contribution in [0.5, 0.6) is 0 Å². The van der Waals surface area contributed by atoms with Crippen LogP contribution in [0.4, 0.5) is 0 Å². The van der Waals surface area contributed by atoms with E-state index in [0.717, 1.165) is 0 Å². The van der Waals surface area contributed by atoms with Crippen molar-refractivity contribution in [2.24, 2.45) is 11.8 Å². The van der Waals surface area contributed by atoms with Gasteiger partial charge in [-0.25, -0.2) is 0 Å². The first-order chi connectivity index (χ1) is 7.25. The zero-order valence-corrected chi connectivity index (χ0v) is 20.0. The number of hydrogen-bond donors (Lipinski definition) is 4. The Morgan fingerprint density at radius 1 is 0.650 bits per heavy atom. The summed E-state index contributed by atoms with van der Waals surface area (Å²) < 4.78 is 0. The normalized spacial score (nSPS) is 11.0. The van der Waals surface area contributed by atoms with Crippen molar-refractivity contribution in [3.8, 4) is 0 Å². The fraction of sp³-hybridized carbons (Fsp3) is 0.500. The molecule has 0 heterocycles. The summed E-state index contributed by atoms with van der Waals surface area (Å²) in [5.74, 6) is -9.79. The maximum atomic E-state index is 10.6. The first-order valence-corrected chi connectivity index (χ1v) is 4.15. The van der Waals surface area contributed by atoms with Crippen molar-refractivity contribution in [2.45, 2.75) is 12.8 Å². The fourth-order valence-corrected chi connectivity index (χ4v) is 1.18. The summed E-state index contributed by atoms with van der Waals surface area (Å²) in [6.07, 6.45) is -1.86. The molecule has 20 heavy (non-hydrogen) atoms. The fourth-order valence-electron chi connectivity index (χ4n) is 1.18. The van der Waals surface area contributed by atoms with Crippen LogP contribution in [-0.2, 0) is 19.2 Å². The SMILES string of the molecule is O=C(O)CC(C(=O)O)C(CC(=O)O)C(=O)O.[H-].[H-].[H-].[H-].[Na+].[Na+].[Na+].[Na+]. The monoisotopic (exact) mass is 330 g/mol. The van der Waals surface area contributed by atoms with Gasteiger partial charge in [0, 0.05) is 0 Å². The van der Waals surface area contributed by atoms with E-state index in [2.05, 4.69) is 0 Å². The maximum absolute atomic E-state index is 10.6. The first kappa shape index (κ1) is 33.5. The Bertz CT molecular complexity index is 318. The zero-order valence-electron chi connectivity index (χ0n) is 16.0. The van der Waals surface area contributed by atoms with E-state index in [4.69, 9.17) is 20.4 Å². The molecule has 8 nitrogen and oxygen atoms in total. The van der Waals surface area contributed by atoms with Crippen molar-refractivity contribution in [3.05, 3.63) is 0 Å². The molecule has 0 aromatic carbocycles. The number of rotatable bonds is 7. The molecular formula is C8H14Na4O8. The summed E-state index contributed by atoms with van der Waals surface area (Å²) >= 11 is 0. The van der Waals surface area contributed by atoms with Gasteiger partial charge in [-0.2, -0.15) is 0 Å². The van der Waals surface area contributed by atoms with E-state index in [0.29, 0.717) is 0 Å². The van der Waals surface area contributed by atoms with E-state index >= 15 is 0 Å². The van der Waals surface area contributed by atoms with Gasteiger partial charge in [-0.15, -0.1) is 0 Å². The van der Waals surface area contributed by atoms with E-state index in [9.17, 15) is 19.2 Å². The van der Waals surface area contributed by atoms with Gasteiger partial charge in [-0.1, -0.05) is 0 Å². The van der Waals surface area contributed by atoms with Gasteiger partial charge in [0.1, 0.15) is 0 Å². The molecule has 0 fully saturated rings. The van der Waals surface area contributed by atoms with Crippen LogP contribution in [0.2, 0.25) is 0 Å². The first-order valence-electron chi connectivity index (χ1n) is 4.15. The molecule has 2 unspecified atom stereocenters. The van der Waals surface area contributed by atoms with E-state index in [1.54, 1.807) is 0 Å².